The smallest absolute Gasteiger partial charge is 0.270 e. The van der Waals surface area contributed by atoms with E-state index in [1.165, 1.54) is 0 Å². The number of nitrogens with one attached hydrogen (secondary N) is 1. The number of aromatic nitrogens is 4. The molecule has 1 amide bonds. The van der Waals surface area contributed by atoms with E-state index in [1.807, 2.05) is 47.6 Å². The molecule has 7 heteroatoms. The van der Waals surface area contributed by atoms with Gasteiger partial charge in [-0.3, -0.25) is 4.79 Å². The van der Waals surface area contributed by atoms with Gasteiger partial charge in [0.15, 0.2) is 5.65 Å². The summed E-state index contributed by atoms with van der Waals surface area (Å²) >= 11 is 0. The van der Waals surface area contributed by atoms with Gasteiger partial charge < -0.3 is 19.2 Å². The summed E-state index contributed by atoms with van der Waals surface area (Å²) in [6, 6.07) is 11.7. The van der Waals surface area contributed by atoms with Crippen molar-refractivity contribution < 1.29 is 9.53 Å². The highest BCUT2D eigenvalue weighted by Crippen LogP contribution is 2.29. The Labute approximate surface area is 155 Å². The van der Waals surface area contributed by atoms with Gasteiger partial charge in [0.25, 0.3) is 5.91 Å². The molecule has 3 aromatic heterocycles. The molecule has 5 rings (SSSR count). The fourth-order valence-corrected chi connectivity index (χ4v) is 3.88. The van der Waals surface area contributed by atoms with Crippen LogP contribution in [0.4, 0.5) is 0 Å². The van der Waals surface area contributed by atoms with Gasteiger partial charge >= 0.3 is 0 Å². The van der Waals surface area contributed by atoms with Gasteiger partial charge in [-0.2, -0.15) is 0 Å². The molecule has 136 valence electrons. The lowest BCUT2D eigenvalue weighted by molar-refractivity contribution is 0.0783. The van der Waals surface area contributed by atoms with E-state index in [4.69, 9.17) is 4.74 Å². The number of amides is 1. The van der Waals surface area contributed by atoms with Crippen LogP contribution < -0.4 is 4.74 Å². The molecular weight excluding hydrogens is 342 g/mol. The summed E-state index contributed by atoms with van der Waals surface area (Å²) in [5.41, 5.74) is 3.24. The number of rotatable bonds is 3. The Morgan fingerprint density at radius 3 is 3.07 bits per heavy atom. The number of likely N-dealkylation sites (tertiary alicyclic amines) is 1. The maximum atomic E-state index is 13.0. The normalized spacial score (nSPS) is 17.1. The van der Waals surface area contributed by atoms with E-state index in [9.17, 15) is 4.79 Å². The lowest BCUT2D eigenvalue weighted by atomic mass is 10.2. The monoisotopic (exact) mass is 361 g/mol. The van der Waals surface area contributed by atoms with Crippen molar-refractivity contribution in [1.29, 1.82) is 0 Å². The molecule has 1 fully saturated rings. The van der Waals surface area contributed by atoms with E-state index in [1.54, 1.807) is 13.3 Å². The van der Waals surface area contributed by atoms with Crippen LogP contribution in [0.3, 0.4) is 0 Å². The Bertz CT molecular complexity index is 1150. The number of carbonyl (C=O) groups is 1. The average molecular weight is 361 g/mol. The maximum Gasteiger partial charge on any atom is 0.270 e. The zero-order valence-electron chi connectivity index (χ0n) is 14.9. The lowest BCUT2D eigenvalue weighted by Gasteiger charge is -2.16. The quantitative estimate of drug-likeness (QED) is 0.609. The summed E-state index contributed by atoms with van der Waals surface area (Å²) < 4.78 is 7.47. The number of H-pyrrole nitrogens is 1. The Hall–Kier alpha value is -3.35. The summed E-state index contributed by atoms with van der Waals surface area (Å²) in [4.78, 5) is 27.0. The molecule has 0 unspecified atom stereocenters. The van der Waals surface area contributed by atoms with Gasteiger partial charge in [-0.15, -0.1) is 0 Å². The Morgan fingerprint density at radius 2 is 2.19 bits per heavy atom. The van der Waals surface area contributed by atoms with Crippen LogP contribution in [-0.4, -0.2) is 50.5 Å². The number of pyridine rings is 1. The number of nitrogens with zero attached hydrogens (tertiary/aromatic N) is 4. The zero-order chi connectivity index (χ0) is 18.4. The molecule has 1 N–H and O–H groups in total. The topological polar surface area (TPSA) is 76.0 Å². The van der Waals surface area contributed by atoms with Gasteiger partial charge in [0.05, 0.1) is 19.5 Å². The molecule has 0 spiro atoms. The number of hydrogen-bond acceptors (Lipinski definition) is 4. The van der Waals surface area contributed by atoms with Crippen molar-refractivity contribution in [3.63, 3.8) is 0 Å². The summed E-state index contributed by atoms with van der Waals surface area (Å²) in [5, 5.41) is 0.920. The predicted octanol–water partition coefficient (Wildman–Crippen LogP) is 3.01. The van der Waals surface area contributed by atoms with E-state index >= 15 is 0 Å². The standard InChI is InChI=1S/C20H19N5O2/c1-27-18-6-2-4-15-14(18)10-17(23-15)20(26)24-9-7-13(11-24)25-12-22-16-5-3-8-21-19(16)25/h2-6,8,10,12-13,23H,7,9,11H2,1H3/t13-/m0/s1. The van der Waals surface area contributed by atoms with Gasteiger partial charge in [0, 0.05) is 30.2 Å². The van der Waals surface area contributed by atoms with Crippen LogP contribution in [0.15, 0.2) is 48.9 Å². The van der Waals surface area contributed by atoms with Gasteiger partial charge in [0.1, 0.15) is 17.0 Å². The van der Waals surface area contributed by atoms with Gasteiger partial charge in [-0.25, -0.2) is 9.97 Å². The summed E-state index contributed by atoms with van der Waals surface area (Å²) in [6.45, 7) is 1.36. The third-order valence-electron chi connectivity index (χ3n) is 5.25. The van der Waals surface area contributed by atoms with Gasteiger partial charge in [-0.1, -0.05) is 6.07 Å². The van der Waals surface area contributed by atoms with Gasteiger partial charge in [-0.05, 0) is 36.8 Å². The molecular formula is C20H19N5O2. The first-order valence-corrected chi connectivity index (χ1v) is 8.97. The molecule has 4 heterocycles. The number of fused-ring (bicyclic) bond motifs is 2. The minimum atomic E-state index is 0.00753. The van der Waals surface area contributed by atoms with E-state index in [0.29, 0.717) is 18.8 Å². The van der Waals surface area contributed by atoms with Crippen molar-refractivity contribution in [1.82, 2.24) is 24.4 Å². The first-order chi connectivity index (χ1) is 13.2. The average Bonchev–Trinajstić information content (AvgIpc) is 3.43. The highest BCUT2D eigenvalue weighted by molar-refractivity contribution is 5.99. The largest absolute Gasteiger partial charge is 0.496 e. The third kappa shape index (κ3) is 2.54. The molecule has 0 saturated carbocycles. The molecule has 0 radical (unpaired) electrons. The number of methoxy groups -OCH3 is 1. The number of imidazole rings is 1. The molecule has 1 aromatic carbocycles. The number of carbonyl (C=O) groups excluding carboxylic acids is 1. The zero-order valence-corrected chi connectivity index (χ0v) is 14.9. The van der Waals surface area contributed by atoms with E-state index in [0.717, 1.165) is 34.2 Å². The molecule has 27 heavy (non-hydrogen) atoms. The van der Waals surface area contributed by atoms with Crippen molar-refractivity contribution in [2.45, 2.75) is 12.5 Å². The minimum Gasteiger partial charge on any atom is -0.496 e. The van der Waals surface area contributed by atoms with Crippen molar-refractivity contribution in [2.24, 2.45) is 0 Å². The van der Waals surface area contributed by atoms with E-state index in [-0.39, 0.29) is 11.9 Å². The van der Waals surface area contributed by atoms with Crippen LogP contribution in [0.5, 0.6) is 5.75 Å². The second-order valence-corrected chi connectivity index (χ2v) is 6.80. The fraction of sp³-hybridized carbons (Fsp3) is 0.250. The molecule has 1 atom stereocenters. The first kappa shape index (κ1) is 15.9. The fourth-order valence-electron chi connectivity index (χ4n) is 3.88. The Balaban J connectivity index is 1.41. The predicted molar refractivity (Wildman–Crippen MR) is 102 cm³/mol. The number of hydrogen-bond donors (Lipinski definition) is 1. The van der Waals surface area contributed by atoms with Crippen LogP contribution in [0, 0.1) is 0 Å². The molecule has 7 nitrogen and oxygen atoms in total. The summed E-state index contributed by atoms with van der Waals surface area (Å²) in [5.74, 6) is 0.770. The van der Waals surface area contributed by atoms with Crippen LogP contribution in [0.25, 0.3) is 22.1 Å². The van der Waals surface area contributed by atoms with Crippen LogP contribution in [0.2, 0.25) is 0 Å². The summed E-state index contributed by atoms with van der Waals surface area (Å²) in [6.07, 6.45) is 4.48. The highest BCUT2D eigenvalue weighted by Gasteiger charge is 2.30. The first-order valence-electron chi connectivity index (χ1n) is 8.97. The molecule has 1 aliphatic heterocycles. The van der Waals surface area contributed by atoms with Gasteiger partial charge in [0.2, 0.25) is 0 Å². The van der Waals surface area contributed by atoms with E-state index in [2.05, 4.69) is 19.5 Å². The summed E-state index contributed by atoms with van der Waals surface area (Å²) in [7, 11) is 1.64. The molecule has 1 saturated heterocycles. The number of ether oxygens (including phenoxy) is 1. The van der Waals surface area contributed by atoms with Crippen molar-refractivity contribution in [3.8, 4) is 5.75 Å². The van der Waals surface area contributed by atoms with Crippen molar-refractivity contribution in [2.75, 3.05) is 20.2 Å². The van der Waals surface area contributed by atoms with Crippen molar-refractivity contribution >= 4 is 28.0 Å². The lowest BCUT2D eigenvalue weighted by Crippen LogP contribution is -2.29. The molecule has 0 aliphatic carbocycles. The Morgan fingerprint density at radius 1 is 1.26 bits per heavy atom. The van der Waals surface area contributed by atoms with Crippen molar-refractivity contribution in [3.05, 3.63) is 54.6 Å². The van der Waals surface area contributed by atoms with E-state index < -0.39 is 0 Å². The van der Waals surface area contributed by atoms with Crippen LogP contribution >= 0.6 is 0 Å². The molecule has 1 aliphatic rings. The minimum absolute atomic E-state index is 0.00753. The molecule has 0 bridgehead atoms. The highest BCUT2D eigenvalue weighted by atomic mass is 16.5. The Kier molecular flexibility index (Phi) is 3.60. The maximum absolute atomic E-state index is 13.0. The SMILES string of the molecule is COc1cccc2[nH]c(C(=O)N3CC[C@H](n4cnc5cccnc54)C3)cc12. The van der Waals surface area contributed by atoms with Crippen LogP contribution in [0.1, 0.15) is 23.0 Å². The number of benzene rings is 1. The second kappa shape index (κ2) is 6.12. The second-order valence-electron chi connectivity index (χ2n) is 6.80. The number of aromatic amines is 1. The third-order valence-corrected chi connectivity index (χ3v) is 5.25. The van der Waals surface area contributed by atoms with Crippen LogP contribution in [-0.2, 0) is 0 Å². The molecule has 4 aromatic rings.